The lowest BCUT2D eigenvalue weighted by Crippen LogP contribution is -2.10. The maximum absolute atomic E-state index is 9.85. The first-order valence-corrected chi connectivity index (χ1v) is 9.69. The van der Waals surface area contributed by atoms with Crippen LogP contribution >= 0.6 is 0 Å². The van der Waals surface area contributed by atoms with Gasteiger partial charge in [0, 0.05) is 35.6 Å². The first-order valence-electron chi connectivity index (χ1n) is 9.69. The number of phenolic OH excluding ortho intramolecular Hbond substituents is 1. The Morgan fingerprint density at radius 1 is 0.897 bits per heavy atom. The molecule has 4 rings (SSSR count). The zero-order valence-corrected chi connectivity index (χ0v) is 17.0. The van der Waals surface area contributed by atoms with Crippen molar-refractivity contribution in [2.24, 2.45) is 0 Å². The third-order valence-corrected chi connectivity index (χ3v) is 4.99. The molecular formula is C25H25N3O. The van der Waals surface area contributed by atoms with Gasteiger partial charge in [0.05, 0.1) is 5.52 Å². The number of aromatic hydroxyl groups is 1. The average Bonchev–Trinajstić information content (AvgIpc) is 2.70. The van der Waals surface area contributed by atoms with Crippen LogP contribution in [0.4, 0.5) is 11.4 Å². The molecule has 146 valence electrons. The number of nitrogens with one attached hydrogen (secondary N) is 1. The lowest BCUT2D eigenvalue weighted by atomic mass is 10.0. The molecule has 0 saturated heterocycles. The monoisotopic (exact) mass is 383 g/mol. The van der Waals surface area contributed by atoms with Crippen molar-refractivity contribution in [1.29, 1.82) is 0 Å². The zero-order chi connectivity index (χ0) is 20.4. The van der Waals surface area contributed by atoms with E-state index >= 15 is 0 Å². The molecule has 4 heteroatoms. The largest absolute Gasteiger partial charge is 0.508 e. The Morgan fingerprint density at radius 3 is 2.55 bits per heavy atom. The molecule has 0 aliphatic heterocycles. The molecule has 0 saturated carbocycles. The number of benzene rings is 3. The summed E-state index contributed by atoms with van der Waals surface area (Å²) in [5.74, 6) is 0.245. The van der Waals surface area contributed by atoms with E-state index in [1.54, 1.807) is 18.3 Å². The van der Waals surface area contributed by atoms with Gasteiger partial charge in [-0.15, -0.1) is 0 Å². The van der Waals surface area contributed by atoms with E-state index in [1.165, 1.54) is 11.1 Å². The van der Waals surface area contributed by atoms with Gasteiger partial charge in [0.25, 0.3) is 0 Å². The van der Waals surface area contributed by atoms with Crippen LogP contribution in [0.2, 0.25) is 0 Å². The van der Waals surface area contributed by atoms with Gasteiger partial charge in [-0.2, -0.15) is 0 Å². The van der Waals surface area contributed by atoms with E-state index in [0.29, 0.717) is 0 Å². The van der Waals surface area contributed by atoms with Crippen LogP contribution in [-0.2, 0) is 6.54 Å². The Labute approximate surface area is 171 Å². The SMILES string of the molecule is Cc1ccc(O)cc1Nc1ccnc2ccc(-c3cccc(CN(C)C)c3)cc12. The van der Waals surface area contributed by atoms with Gasteiger partial charge in [-0.05, 0) is 73.6 Å². The van der Waals surface area contributed by atoms with E-state index in [0.717, 1.165) is 39.9 Å². The molecule has 0 amide bonds. The summed E-state index contributed by atoms with van der Waals surface area (Å²) in [4.78, 5) is 6.69. The van der Waals surface area contributed by atoms with Crippen molar-refractivity contribution < 1.29 is 5.11 Å². The highest BCUT2D eigenvalue weighted by Gasteiger charge is 2.08. The number of aromatic nitrogens is 1. The second kappa shape index (κ2) is 7.94. The molecule has 0 aliphatic rings. The lowest BCUT2D eigenvalue weighted by Gasteiger charge is -2.14. The second-order valence-corrected chi connectivity index (χ2v) is 7.65. The van der Waals surface area contributed by atoms with E-state index in [1.807, 2.05) is 19.1 Å². The summed E-state index contributed by atoms with van der Waals surface area (Å²) in [6, 6.07) is 22.3. The Kier molecular flexibility index (Phi) is 5.19. The molecule has 0 unspecified atom stereocenters. The van der Waals surface area contributed by atoms with Crippen molar-refractivity contribution in [2.75, 3.05) is 19.4 Å². The maximum Gasteiger partial charge on any atom is 0.117 e. The van der Waals surface area contributed by atoms with Gasteiger partial charge >= 0.3 is 0 Å². The molecular weight excluding hydrogens is 358 g/mol. The fourth-order valence-electron chi connectivity index (χ4n) is 3.54. The Bertz CT molecular complexity index is 1170. The second-order valence-electron chi connectivity index (χ2n) is 7.65. The average molecular weight is 383 g/mol. The van der Waals surface area contributed by atoms with Crippen LogP contribution in [0.5, 0.6) is 5.75 Å². The van der Waals surface area contributed by atoms with Gasteiger partial charge in [-0.1, -0.05) is 30.3 Å². The van der Waals surface area contributed by atoms with E-state index in [4.69, 9.17) is 0 Å². The lowest BCUT2D eigenvalue weighted by molar-refractivity contribution is 0.402. The predicted octanol–water partition coefficient (Wildman–Crippen LogP) is 5.72. The minimum absolute atomic E-state index is 0.245. The topological polar surface area (TPSA) is 48.4 Å². The van der Waals surface area contributed by atoms with Crippen molar-refractivity contribution in [3.63, 3.8) is 0 Å². The summed E-state index contributed by atoms with van der Waals surface area (Å²) in [5, 5.41) is 14.4. The van der Waals surface area contributed by atoms with Crippen molar-refractivity contribution in [2.45, 2.75) is 13.5 Å². The smallest absolute Gasteiger partial charge is 0.117 e. The number of fused-ring (bicyclic) bond motifs is 1. The molecule has 0 spiro atoms. The molecule has 29 heavy (non-hydrogen) atoms. The number of hydrogen-bond acceptors (Lipinski definition) is 4. The summed E-state index contributed by atoms with van der Waals surface area (Å²) >= 11 is 0. The highest BCUT2D eigenvalue weighted by molar-refractivity contribution is 5.96. The van der Waals surface area contributed by atoms with E-state index in [9.17, 15) is 5.11 Å². The molecule has 4 nitrogen and oxygen atoms in total. The maximum atomic E-state index is 9.85. The molecule has 3 aromatic carbocycles. The predicted molar refractivity (Wildman–Crippen MR) is 121 cm³/mol. The molecule has 0 aliphatic carbocycles. The molecule has 0 bridgehead atoms. The van der Waals surface area contributed by atoms with Crippen LogP contribution in [-0.4, -0.2) is 29.1 Å². The molecule has 1 aromatic heterocycles. The quantitative estimate of drug-likeness (QED) is 0.463. The van der Waals surface area contributed by atoms with Gasteiger partial charge in [0.15, 0.2) is 0 Å². The van der Waals surface area contributed by atoms with Crippen LogP contribution in [0.3, 0.4) is 0 Å². The number of aryl methyl sites for hydroxylation is 1. The van der Waals surface area contributed by atoms with Crippen molar-refractivity contribution in [3.8, 4) is 16.9 Å². The minimum atomic E-state index is 0.245. The first kappa shape index (κ1) is 19.0. The number of hydrogen-bond donors (Lipinski definition) is 2. The number of pyridine rings is 1. The van der Waals surface area contributed by atoms with E-state index < -0.39 is 0 Å². The fourth-order valence-corrected chi connectivity index (χ4v) is 3.54. The number of phenols is 1. The summed E-state index contributed by atoms with van der Waals surface area (Å²) in [7, 11) is 4.16. The normalized spacial score (nSPS) is 11.2. The van der Waals surface area contributed by atoms with E-state index in [2.05, 4.69) is 71.8 Å². The third kappa shape index (κ3) is 4.23. The van der Waals surface area contributed by atoms with Crippen LogP contribution in [0, 0.1) is 6.92 Å². The van der Waals surface area contributed by atoms with Crippen LogP contribution < -0.4 is 5.32 Å². The number of nitrogens with zero attached hydrogens (tertiary/aromatic N) is 2. The highest BCUT2D eigenvalue weighted by atomic mass is 16.3. The Balaban J connectivity index is 1.76. The van der Waals surface area contributed by atoms with Gasteiger partial charge in [-0.3, -0.25) is 4.98 Å². The third-order valence-electron chi connectivity index (χ3n) is 4.99. The van der Waals surface area contributed by atoms with Crippen LogP contribution in [0.25, 0.3) is 22.0 Å². The summed E-state index contributed by atoms with van der Waals surface area (Å²) < 4.78 is 0. The van der Waals surface area contributed by atoms with Gasteiger partial charge in [0.2, 0.25) is 0 Å². The zero-order valence-electron chi connectivity index (χ0n) is 17.0. The van der Waals surface area contributed by atoms with Crippen molar-refractivity contribution in [1.82, 2.24) is 9.88 Å². The molecule has 0 fully saturated rings. The fraction of sp³-hybridized carbons (Fsp3) is 0.160. The highest BCUT2D eigenvalue weighted by Crippen LogP contribution is 2.32. The first-order chi connectivity index (χ1) is 14.0. The molecule has 1 heterocycles. The Hall–Kier alpha value is -3.37. The summed E-state index contributed by atoms with van der Waals surface area (Å²) in [6.07, 6.45) is 1.81. The van der Waals surface area contributed by atoms with Gasteiger partial charge < -0.3 is 15.3 Å². The van der Waals surface area contributed by atoms with E-state index in [-0.39, 0.29) is 5.75 Å². The molecule has 0 atom stereocenters. The van der Waals surface area contributed by atoms with Gasteiger partial charge in [-0.25, -0.2) is 0 Å². The standard InChI is InChI=1S/C25H25N3O/c1-17-7-9-21(29)15-25(17)27-24-11-12-26-23-10-8-20(14-22(23)24)19-6-4-5-18(13-19)16-28(2)3/h4-15,29H,16H2,1-3H3,(H,26,27). The van der Waals surface area contributed by atoms with Crippen LogP contribution in [0.1, 0.15) is 11.1 Å². The van der Waals surface area contributed by atoms with Crippen molar-refractivity contribution in [3.05, 3.63) is 84.1 Å². The summed E-state index contributed by atoms with van der Waals surface area (Å²) in [6.45, 7) is 2.93. The van der Waals surface area contributed by atoms with Gasteiger partial charge in [0.1, 0.15) is 5.75 Å². The molecule has 0 radical (unpaired) electrons. The molecule has 4 aromatic rings. The minimum Gasteiger partial charge on any atom is -0.508 e. The molecule has 2 N–H and O–H groups in total. The van der Waals surface area contributed by atoms with Crippen molar-refractivity contribution >= 4 is 22.3 Å². The number of anilines is 2. The Morgan fingerprint density at radius 2 is 1.72 bits per heavy atom. The summed E-state index contributed by atoms with van der Waals surface area (Å²) in [5.41, 5.74) is 7.48. The van der Waals surface area contributed by atoms with Crippen LogP contribution in [0.15, 0.2) is 72.9 Å². The number of rotatable bonds is 5.